The van der Waals surface area contributed by atoms with Gasteiger partial charge in [0.25, 0.3) is 0 Å². The molecule has 0 saturated carbocycles. The molecule has 120 valence electrons. The number of hydrogen-bond donors (Lipinski definition) is 2. The lowest BCUT2D eigenvalue weighted by Gasteiger charge is -2.05. The standard InChI is InChI=1S/C16H13N5OS2/c17-9-11-4-1-2-6-13(11)18-15(22)10-24-16-19-14(20-21-16)8-12-5-3-7-23-12/h1-7H,8,10H2,(H,18,22)(H,19,20,21). The third-order valence-corrected chi connectivity index (χ3v) is 4.81. The van der Waals surface area contributed by atoms with Crippen molar-refractivity contribution in [1.29, 1.82) is 5.26 Å². The van der Waals surface area contributed by atoms with E-state index in [2.05, 4.69) is 20.5 Å². The molecule has 6 nitrogen and oxygen atoms in total. The van der Waals surface area contributed by atoms with Gasteiger partial charge in [-0.25, -0.2) is 4.98 Å². The highest BCUT2D eigenvalue weighted by molar-refractivity contribution is 7.99. The van der Waals surface area contributed by atoms with Crippen molar-refractivity contribution in [3.8, 4) is 6.07 Å². The highest BCUT2D eigenvalue weighted by Crippen LogP contribution is 2.18. The monoisotopic (exact) mass is 355 g/mol. The second kappa shape index (κ2) is 7.77. The van der Waals surface area contributed by atoms with Crippen molar-refractivity contribution in [2.24, 2.45) is 0 Å². The molecule has 3 rings (SSSR count). The summed E-state index contributed by atoms with van der Waals surface area (Å²) in [6.45, 7) is 0. The number of nitrogens with one attached hydrogen (secondary N) is 2. The molecule has 0 aliphatic heterocycles. The molecule has 0 saturated heterocycles. The van der Waals surface area contributed by atoms with Crippen LogP contribution in [0.2, 0.25) is 0 Å². The fourth-order valence-electron chi connectivity index (χ4n) is 2.01. The van der Waals surface area contributed by atoms with Crippen LogP contribution in [0, 0.1) is 11.3 Å². The third kappa shape index (κ3) is 4.22. The molecule has 1 aromatic carbocycles. The van der Waals surface area contributed by atoms with Crippen molar-refractivity contribution in [1.82, 2.24) is 15.2 Å². The van der Waals surface area contributed by atoms with Gasteiger partial charge in [0.05, 0.1) is 17.0 Å². The summed E-state index contributed by atoms with van der Waals surface area (Å²) in [6, 6.07) is 13.0. The Morgan fingerprint density at radius 2 is 2.21 bits per heavy atom. The van der Waals surface area contributed by atoms with Crippen LogP contribution in [0.15, 0.2) is 46.9 Å². The Kier molecular flexibility index (Phi) is 5.25. The van der Waals surface area contributed by atoms with Crippen LogP contribution in [0.5, 0.6) is 0 Å². The van der Waals surface area contributed by atoms with E-state index in [0.29, 0.717) is 22.8 Å². The van der Waals surface area contributed by atoms with E-state index in [4.69, 9.17) is 5.26 Å². The van der Waals surface area contributed by atoms with Crippen LogP contribution in [0.25, 0.3) is 0 Å². The van der Waals surface area contributed by atoms with Crippen molar-refractivity contribution < 1.29 is 4.79 Å². The smallest absolute Gasteiger partial charge is 0.234 e. The number of aromatic amines is 1. The number of thioether (sulfide) groups is 1. The molecule has 2 heterocycles. The fraction of sp³-hybridized carbons (Fsp3) is 0.125. The number of benzene rings is 1. The van der Waals surface area contributed by atoms with Crippen LogP contribution in [0.4, 0.5) is 5.69 Å². The maximum absolute atomic E-state index is 12.0. The minimum Gasteiger partial charge on any atom is -0.324 e. The SMILES string of the molecule is N#Cc1ccccc1NC(=O)CSc1n[nH]c(Cc2cccs2)n1. The summed E-state index contributed by atoms with van der Waals surface area (Å²) in [5, 5.41) is 21.3. The molecule has 0 unspecified atom stereocenters. The van der Waals surface area contributed by atoms with E-state index >= 15 is 0 Å². The van der Waals surface area contributed by atoms with Gasteiger partial charge in [0.15, 0.2) is 0 Å². The van der Waals surface area contributed by atoms with E-state index in [1.807, 2.05) is 23.6 Å². The number of rotatable bonds is 6. The van der Waals surface area contributed by atoms with Crippen molar-refractivity contribution in [3.05, 3.63) is 58.0 Å². The lowest BCUT2D eigenvalue weighted by Crippen LogP contribution is -2.15. The van der Waals surface area contributed by atoms with Crippen LogP contribution in [-0.2, 0) is 11.2 Å². The van der Waals surface area contributed by atoms with Gasteiger partial charge < -0.3 is 5.32 Å². The predicted octanol–water partition coefficient (Wildman–Crippen LogP) is 3.06. The van der Waals surface area contributed by atoms with Crippen molar-refractivity contribution in [2.75, 3.05) is 11.1 Å². The predicted molar refractivity (Wildman–Crippen MR) is 94.0 cm³/mol. The van der Waals surface area contributed by atoms with Crippen LogP contribution in [-0.4, -0.2) is 26.8 Å². The summed E-state index contributed by atoms with van der Waals surface area (Å²) in [5.74, 6) is 0.748. The summed E-state index contributed by atoms with van der Waals surface area (Å²) < 4.78 is 0. The Morgan fingerprint density at radius 1 is 1.33 bits per heavy atom. The first-order valence-corrected chi connectivity index (χ1v) is 8.96. The van der Waals surface area contributed by atoms with Gasteiger partial charge in [-0.05, 0) is 23.6 Å². The number of H-pyrrole nitrogens is 1. The Balaban J connectivity index is 1.53. The molecule has 24 heavy (non-hydrogen) atoms. The lowest BCUT2D eigenvalue weighted by molar-refractivity contribution is -0.113. The van der Waals surface area contributed by atoms with E-state index < -0.39 is 0 Å². The average molecular weight is 355 g/mol. The van der Waals surface area contributed by atoms with Crippen molar-refractivity contribution >= 4 is 34.7 Å². The summed E-state index contributed by atoms with van der Waals surface area (Å²) >= 11 is 2.91. The largest absolute Gasteiger partial charge is 0.324 e. The first kappa shape index (κ1) is 16.2. The molecule has 3 aromatic rings. The van der Waals surface area contributed by atoms with Gasteiger partial charge >= 0.3 is 0 Å². The number of nitriles is 1. The molecule has 0 spiro atoms. The van der Waals surface area contributed by atoms with E-state index in [0.717, 1.165) is 5.82 Å². The van der Waals surface area contributed by atoms with Gasteiger partial charge in [0.2, 0.25) is 11.1 Å². The zero-order valence-corrected chi connectivity index (χ0v) is 14.2. The van der Waals surface area contributed by atoms with E-state index in [-0.39, 0.29) is 11.7 Å². The highest BCUT2D eigenvalue weighted by atomic mass is 32.2. The molecule has 0 bridgehead atoms. The summed E-state index contributed by atoms with van der Waals surface area (Å²) in [4.78, 5) is 17.6. The van der Waals surface area contributed by atoms with Gasteiger partial charge in [-0.3, -0.25) is 9.89 Å². The minimum absolute atomic E-state index is 0.177. The number of hydrogen-bond acceptors (Lipinski definition) is 6. The molecule has 1 amide bonds. The number of nitrogens with zero attached hydrogens (tertiary/aromatic N) is 3. The quantitative estimate of drug-likeness (QED) is 0.663. The normalized spacial score (nSPS) is 10.3. The molecule has 0 radical (unpaired) electrons. The highest BCUT2D eigenvalue weighted by Gasteiger charge is 2.10. The van der Waals surface area contributed by atoms with Gasteiger partial charge in [-0.2, -0.15) is 5.26 Å². The van der Waals surface area contributed by atoms with Gasteiger partial charge in [0, 0.05) is 11.3 Å². The lowest BCUT2D eigenvalue weighted by atomic mass is 10.2. The third-order valence-electron chi connectivity index (χ3n) is 3.09. The maximum Gasteiger partial charge on any atom is 0.234 e. The fourth-order valence-corrected chi connectivity index (χ4v) is 3.33. The number of carbonyl (C=O) groups excluding carboxylic acids is 1. The molecule has 8 heteroatoms. The van der Waals surface area contributed by atoms with Crippen LogP contribution < -0.4 is 5.32 Å². The van der Waals surface area contributed by atoms with Gasteiger partial charge in [-0.1, -0.05) is 30.0 Å². The molecule has 0 fully saturated rings. The second-order valence-electron chi connectivity index (χ2n) is 4.82. The average Bonchev–Trinajstić information content (AvgIpc) is 3.26. The second-order valence-corrected chi connectivity index (χ2v) is 6.79. The van der Waals surface area contributed by atoms with Crippen LogP contribution in [0.3, 0.4) is 0 Å². The Morgan fingerprint density at radius 3 is 3.00 bits per heavy atom. The Labute approximate surface area is 146 Å². The topological polar surface area (TPSA) is 94.5 Å². The van der Waals surface area contributed by atoms with Crippen LogP contribution in [0.1, 0.15) is 16.3 Å². The van der Waals surface area contributed by atoms with Crippen LogP contribution >= 0.6 is 23.1 Å². The Bertz CT molecular complexity index is 867. The molecule has 0 aliphatic carbocycles. The van der Waals surface area contributed by atoms with E-state index in [9.17, 15) is 4.79 Å². The first-order valence-electron chi connectivity index (χ1n) is 7.10. The summed E-state index contributed by atoms with van der Waals surface area (Å²) in [6.07, 6.45) is 0.701. The minimum atomic E-state index is -0.202. The number of thiophene rings is 1. The molecule has 2 N–H and O–H groups in total. The molecular formula is C16H13N5OS2. The number of amides is 1. The molecular weight excluding hydrogens is 342 g/mol. The molecule has 0 aliphatic rings. The van der Waals surface area contributed by atoms with Crippen molar-refractivity contribution in [2.45, 2.75) is 11.6 Å². The zero-order valence-electron chi connectivity index (χ0n) is 12.5. The molecule has 2 aromatic heterocycles. The Hall–Kier alpha value is -2.63. The first-order chi connectivity index (χ1) is 11.7. The molecule has 0 atom stereocenters. The van der Waals surface area contributed by atoms with E-state index in [1.54, 1.807) is 35.6 Å². The maximum atomic E-state index is 12.0. The summed E-state index contributed by atoms with van der Waals surface area (Å²) in [5.41, 5.74) is 0.950. The van der Waals surface area contributed by atoms with E-state index in [1.165, 1.54) is 16.6 Å². The zero-order chi connectivity index (χ0) is 16.8. The number of para-hydroxylation sites is 1. The number of aromatic nitrogens is 3. The van der Waals surface area contributed by atoms with Gasteiger partial charge in [-0.15, -0.1) is 16.4 Å². The number of carbonyl (C=O) groups is 1. The van der Waals surface area contributed by atoms with Crippen molar-refractivity contribution in [3.63, 3.8) is 0 Å². The summed E-state index contributed by atoms with van der Waals surface area (Å²) in [7, 11) is 0. The van der Waals surface area contributed by atoms with Gasteiger partial charge in [0.1, 0.15) is 11.9 Å². The number of anilines is 1.